The third-order valence-corrected chi connectivity index (χ3v) is 3.55. The van der Waals surface area contributed by atoms with Crippen molar-refractivity contribution in [2.75, 3.05) is 6.61 Å². The molecule has 0 spiro atoms. The second kappa shape index (κ2) is 5.04. The van der Waals surface area contributed by atoms with Crippen molar-refractivity contribution < 1.29 is 18.6 Å². The second-order valence-electron chi connectivity index (χ2n) is 4.65. The van der Waals surface area contributed by atoms with Crippen LogP contribution in [0.2, 0.25) is 5.02 Å². The van der Waals surface area contributed by atoms with Crippen LogP contribution in [0.3, 0.4) is 0 Å². The molecule has 20 heavy (non-hydrogen) atoms. The van der Waals surface area contributed by atoms with E-state index in [1.54, 1.807) is 12.1 Å². The van der Waals surface area contributed by atoms with Gasteiger partial charge in [-0.3, -0.25) is 0 Å². The molecule has 1 aliphatic heterocycles. The number of hydrogen-bond acceptors (Lipinski definition) is 2. The molecular formula is C15H11ClF2O2. The first-order chi connectivity index (χ1) is 9.56. The number of ether oxygens (including phenoxy) is 1. The monoisotopic (exact) mass is 296 g/mol. The Bertz CT molecular complexity index is 673. The van der Waals surface area contributed by atoms with Gasteiger partial charge >= 0.3 is 0 Å². The van der Waals surface area contributed by atoms with Crippen LogP contribution in [0.15, 0.2) is 30.3 Å². The second-order valence-corrected chi connectivity index (χ2v) is 5.09. The van der Waals surface area contributed by atoms with Crippen LogP contribution < -0.4 is 4.74 Å². The van der Waals surface area contributed by atoms with Crippen LogP contribution in [-0.4, -0.2) is 11.7 Å². The van der Waals surface area contributed by atoms with Gasteiger partial charge in [0.05, 0.1) is 6.61 Å². The fourth-order valence-corrected chi connectivity index (χ4v) is 2.64. The van der Waals surface area contributed by atoms with E-state index in [1.807, 2.05) is 0 Å². The van der Waals surface area contributed by atoms with Crippen LogP contribution in [0.1, 0.15) is 22.8 Å². The summed E-state index contributed by atoms with van der Waals surface area (Å²) in [5.41, 5.74) is 1.27. The Kier molecular flexibility index (Phi) is 3.36. The summed E-state index contributed by atoms with van der Waals surface area (Å²) in [5.74, 6) is -0.958. The number of halogens is 3. The van der Waals surface area contributed by atoms with Crippen LogP contribution in [0, 0.1) is 11.6 Å². The highest BCUT2D eigenvalue weighted by Crippen LogP contribution is 2.39. The molecule has 1 aliphatic rings. The van der Waals surface area contributed by atoms with E-state index in [0.29, 0.717) is 29.4 Å². The van der Waals surface area contributed by atoms with Crippen LogP contribution >= 0.6 is 11.6 Å². The zero-order valence-electron chi connectivity index (χ0n) is 10.4. The molecular weight excluding hydrogens is 286 g/mol. The van der Waals surface area contributed by atoms with E-state index in [4.69, 9.17) is 16.3 Å². The summed E-state index contributed by atoms with van der Waals surface area (Å²) < 4.78 is 32.2. The third kappa shape index (κ3) is 2.25. The highest BCUT2D eigenvalue weighted by molar-refractivity contribution is 6.30. The van der Waals surface area contributed by atoms with Gasteiger partial charge in [-0.05, 0) is 23.8 Å². The fraction of sp³-hybridized carbons (Fsp3) is 0.200. The van der Waals surface area contributed by atoms with Gasteiger partial charge in [0.1, 0.15) is 23.5 Å². The summed E-state index contributed by atoms with van der Waals surface area (Å²) in [6.07, 6.45) is -0.553. The summed E-state index contributed by atoms with van der Waals surface area (Å²) in [4.78, 5) is 0. The molecule has 0 bridgehead atoms. The highest BCUT2D eigenvalue weighted by atomic mass is 35.5. The molecule has 5 heteroatoms. The Balaban J connectivity index is 2.09. The molecule has 2 nitrogen and oxygen atoms in total. The molecule has 0 amide bonds. The van der Waals surface area contributed by atoms with Crippen molar-refractivity contribution in [3.8, 4) is 5.75 Å². The molecule has 3 rings (SSSR count). The molecule has 0 aliphatic carbocycles. The van der Waals surface area contributed by atoms with Crippen molar-refractivity contribution in [1.82, 2.24) is 0 Å². The molecule has 1 atom stereocenters. The topological polar surface area (TPSA) is 29.5 Å². The predicted octanol–water partition coefficient (Wildman–Crippen LogP) is 3.63. The van der Waals surface area contributed by atoms with E-state index in [0.717, 1.165) is 17.7 Å². The minimum atomic E-state index is -1.25. The first kappa shape index (κ1) is 13.3. The zero-order valence-corrected chi connectivity index (χ0v) is 11.1. The number of hydrogen-bond donors (Lipinski definition) is 1. The minimum Gasteiger partial charge on any atom is -0.493 e. The van der Waals surface area contributed by atoms with E-state index >= 15 is 0 Å². The van der Waals surface area contributed by atoms with E-state index in [1.165, 1.54) is 6.07 Å². The molecule has 104 valence electrons. The van der Waals surface area contributed by atoms with Crippen molar-refractivity contribution in [2.24, 2.45) is 0 Å². The minimum absolute atomic E-state index is 0.00799. The Morgan fingerprint density at radius 1 is 1.15 bits per heavy atom. The van der Waals surface area contributed by atoms with E-state index in [2.05, 4.69) is 0 Å². The third-order valence-electron chi connectivity index (χ3n) is 3.33. The van der Waals surface area contributed by atoms with Crippen molar-refractivity contribution in [3.63, 3.8) is 0 Å². The summed E-state index contributed by atoms with van der Waals surface area (Å²) in [6, 6.07) is 6.37. The molecule has 2 aromatic carbocycles. The van der Waals surface area contributed by atoms with Gasteiger partial charge in [0.2, 0.25) is 0 Å². The van der Waals surface area contributed by atoms with Crippen molar-refractivity contribution in [3.05, 3.63) is 63.7 Å². The van der Waals surface area contributed by atoms with Crippen molar-refractivity contribution in [1.29, 1.82) is 0 Å². The number of benzene rings is 2. The maximum Gasteiger partial charge on any atom is 0.132 e. The highest BCUT2D eigenvalue weighted by Gasteiger charge is 2.25. The Hall–Kier alpha value is -1.65. The molecule has 0 saturated carbocycles. The number of fused-ring (bicyclic) bond motifs is 1. The van der Waals surface area contributed by atoms with Gasteiger partial charge in [-0.2, -0.15) is 0 Å². The SMILES string of the molecule is OC(c1ccc(F)cc1F)c1cc(Cl)cc2c1OCC2. The van der Waals surface area contributed by atoms with E-state index in [-0.39, 0.29) is 5.56 Å². The summed E-state index contributed by atoms with van der Waals surface area (Å²) in [6.45, 7) is 0.501. The number of aliphatic hydroxyl groups is 1. The lowest BCUT2D eigenvalue weighted by Crippen LogP contribution is -2.05. The van der Waals surface area contributed by atoms with Gasteiger partial charge in [-0.15, -0.1) is 0 Å². The summed E-state index contributed by atoms with van der Waals surface area (Å²) in [5, 5.41) is 10.8. The molecule has 0 fully saturated rings. The molecule has 2 aromatic rings. The first-order valence-corrected chi connectivity index (χ1v) is 6.52. The number of rotatable bonds is 2. The number of aliphatic hydroxyl groups excluding tert-OH is 1. The molecule has 1 unspecified atom stereocenters. The van der Waals surface area contributed by atoms with E-state index < -0.39 is 17.7 Å². The molecule has 0 saturated heterocycles. The molecule has 1 heterocycles. The van der Waals surface area contributed by atoms with Crippen molar-refractivity contribution >= 4 is 11.6 Å². The molecule has 0 aromatic heterocycles. The predicted molar refractivity (Wildman–Crippen MR) is 71.1 cm³/mol. The Morgan fingerprint density at radius 3 is 2.70 bits per heavy atom. The smallest absolute Gasteiger partial charge is 0.132 e. The average Bonchev–Trinajstić information content (AvgIpc) is 2.85. The fourth-order valence-electron chi connectivity index (χ4n) is 2.39. The van der Waals surface area contributed by atoms with Crippen molar-refractivity contribution in [2.45, 2.75) is 12.5 Å². The lowest BCUT2D eigenvalue weighted by molar-refractivity contribution is 0.208. The first-order valence-electron chi connectivity index (χ1n) is 6.14. The van der Waals surface area contributed by atoms with E-state index in [9.17, 15) is 13.9 Å². The van der Waals surface area contributed by atoms with Gasteiger partial charge < -0.3 is 9.84 Å². The maximum absolute atomic E-state index is 13.8. The van der Waals surface area contributed by atoms with Gasteiger partial charge in [-0.1, -0.05) is 17.7 Å². The van der Waals surface area contributed by atoms with Gasteiger partial charge in [-0.25, -0.2) is 8.78 Å². The molecule has 0 radical (unpaired) electrons. The standard InChI is InChI=1S/C15H11ClF2O2/c16-9-5-8-3-4-20-15(8)12(6-9)14(19)11-2-1-10(17)7-13(11)18/h1-2,5-7,14,19H,3-4H2. The normalized spacial score (nSPS) is 14.8. The zero-order chi connectivity index (χ0) is 14.3. The van der Waals surface area contributed by atoms with Crippen LogP contribution in [0.25, 0.3) is 0 Å². The molecule has 1 N–H and O–H groups in total. The Morgan fingerprint density at radius 2 is 1.95 bits per heavy atom. The lowest BCUT2D eigenvalue weighted by atomic mass is 9.98. The average molecular weight is 297 g/mol. The Labute approximate surface area is 119 Å². The van der Waals surface area contributed by atoms with Crippen LogP contribution in [0.4, 0.5) is 8.78 Å². The quantitative estimate of drug-likeness (QED) is 0.917. The largest absolute Gasteiger partial charge is 0.493 e. The van der Waals surface area contributed by atoms with Gasteiger partial charge in [0, 0.05) is 28.6 Å². The van der Waals surface area contributed by atoms with Gasteiger partial charge in [0.25, 0.3) is 0 Å². The summed E-state index contributed by atoms with van der Waals surface area (Å²) >= 11 is 6.00. The van der Waals surface area contributed by atoms with Crippen LogP contribution in [-0.2, 0) is 6.42 Å². The van der Waals surface area contributed by atoms with Crippen LogP contribution in [0.5, 0.6) is 5.75 Å². The van der Waals surface area contributed by atoms with Gasteiger partial charge in [0.15, 0.2) is 0 Å². The summed E-state index contributed by atoms with van der Waals surface area (Å²) in [7, 11) is 0. The maximum atomic E-state index is 13.8. The lowest BCUT2D eigenvalue weighted by Gasteiger charge is -2.16.